The number of nitrogens with one attached hydrogen (secondary N) is 1. The maximum Gasteiger partial charge on any atom is 0.244 e. The Morgan fingerprint density at radius 3 is 2.73 bits per heavy atom. The zero-order valence-electron chi connectivity index (χ0n) is 17.8. The number of benzene rings is 2. The van der Waals surface area contributed by atoms with Crippen molar-refractivity contribution in [3.63, 3.8) is 0 Å². The molecule has 162 valence electrons. The fourth-order valence-corrected chi connectivity index (χ4v) is 3.96. The number of hydrazone groups is 1. The van der Waals surface area contributed by atoms with Crippen LogP contribution in [0.2, 0.25) is 5.02 Å². The fraction of sp³-hybridized carbons (Fsp3) is 0.417. The van der Waals surface area contributed by atoms with E-state index in [2.05, 4.69) is 24.4 Å². The first kappa shape index (κ1) is 24.3. The molecule has 30 heavy (non-hydrogen) atoms. The Bertz CT molecular complexity index is 827. The summed E-state index contributed by atoms with van der Waals surface area (Å²) in [5, 5.41) is 4.75. The van der Waals surface area contributed by atoms with Crippen LogP contribution < -0.4 is 10.2 Å². The second kappa shape index (κ2) is 14.1. The van der Waals surface area contributed by atoms with E-state index in [1.165, 1.54) is 25.7 Å². The SMILES string of the molecule is CCCCCCCOc1ccccc1/C=N\NC(=O)Cc1cc(Cl)ccc1SCC. The Morgan fingerprint density at radius 2 is 1.93 bits per heavy atom. The van der Waals surface area contributed by atoms with E-state index in [9.17, 15) is 4.79 Å². The molecule has 0 saturated carbocycles. The molecule has 1 N–H and O–H groups in total. The minimum absolute atomic E-state index is 0.180. The molecule has 4 nitrogen and oxygen atoms in total. The quantitative estimate of drug-likeness (QED) is 0.165. The van der Waals surface area contributed by atoms with Crippen LogP contribution in [0.15, 0.2) is 52.5 Å². The molecular formula is C24H31ClN2O2S. The van der Waals surface area contributed by atoms with E-state index in [-0.39, 0.29) is 12.3 Å². The molecule has 1 amide bonds. The molecule has 2 aromatic carbocycles. The molecule has 0 atom stereocenters. The predicted octanol–water partition coefficient (Wildman–Crippen LogP) is 6.49. The lowest BCUT2D eigenvalue weighted by Gasteiger charge is -2.09. The second-order valence-corrected chi connectivity index (χ2v) is 8.70. The number of halogens is 1. The first-order chi connectivity index (χ1) is 14.6. The average molecular weight is 447 g/mol. The number of amides is 1. The van der Waals surface area contributed by atoms with Crippen molar-refractivity contribution in [3.05, 3.63) is 58.6 Å². The third-order valence-electron chi connectivity index (χ3n) is 4.49. The summed E-state index contributed by atoms with van der Waals surface area (Å²) in [5.74, 6) is 1.53. The zero-order valence-corrected chi connectivity index (χ0v) is 19.4. The van der Waals surface area contributed by atoms with Gasteiger partial charge in [0.05, 0.1) is 19.2 Å². The standard InChI is InChI=1S/C24H31ClN2O2S/c1-3-5-6-7-10-15-29-22-12-9-8-11-19(22)18-26-27-24(28)17-20-16-21(25)13-14-23(20)30-4-2/h8-9,11-14,16,18H,3-7,10,15,17H2,1-2H3,(H,27,28)/b26-18-. The minimum atomic E-state index is -0.180. The molecule has 2 aromatic rings. The number of carbonyl (C=O) groups is 1. The Hall–Kier alpha value is -1.98. The van der Waals surface area contributed by atoms with Crippen molar-refractivity contribution >= 4 is 35.5 Å². The summed E-state index contributed by atoms with van der Waals surface area (Å²) in [6.45, 7) is 4.98. The number of ether oxygens (including phenoxy) is 1. The second-order valence-electron chi connectivity index (χ2n) is 6.96. The molecule has 0 unspecified atom stereocenters. The highest BCUT2D eigenvalue weighted by molar-refractivity contribution is 7.99. The first-order valence-electron chi connectivity index (χ1n) is 10.6. The fourth-order valence-electron chi connectivity index (χ4n) is 2.98. The van der Waals surface area contributed by atoms with Gasteiger partial charge in [0.15, 0.2) is 0 Å². The topological polar surface area (TPSA) is 50.7 Å². The molecule has 0 bridgehead atoms. The highest BCUT2D eigenvalue weighted by Gasteiger charge is 2.09. The maximum absolute atomic E-state index is 12.3. The molecule has 0 aliphatic rings. The van der Waals surface area contributed by atoms with Gasteiger partial charge in [-0.1, -0.05) is 63.3 Å². The number of hydrogen-bond acceptors (Lipinski definition) is 4. The van der Waals surface area contributed by atoms with Gasteiger partial charge in [-0.3, -0.25) is 4.79 Å². The van der Waals surface area contributed by atoms with Crippen LogP contribution in [0.3, 0.4) is 0 Å². The van der Waals surface area contributed by atoms with Gasteiger partial charge in [-0.25, -0.2) is 5.43 Å². The van der Waals surface area contributed by atoms with Crippen molar-refractivity contribution in [1.82, 2.24) is 5.43 Å². The van der Waals surface area contributed by atoms with E-state index in [4.69, 9.17) is 16.3 Å². The largest absolute Gasteiger partial charge is 0.493 e. The lowest BCUT2D eigenvalue weighted by Crippen LogP contribution is -2.20. The molecule has 6 heteroatoms. The zero-order chi connectivity index (χ0) is 21.6. The molecule has 0 heterocycles. The predicted molar refractivity (Wildman–Crippen MR) is 128 cm³/mol. The van der Waals surface area contributed by atoms with Crippen molar-refractivity contribution in [1.29, 1.82) is 0 Å². The van der Waals surface area contributed by atoms with Gasteiger partial charge >= 0.3 is 0 Å². The lowest BCUT2D eigenvalue weighted by molar-refractivity contribution is -0.120. The monoisotopic (exact) mass is 446 g/mol. The molecule has 0 aliphatic heterocycles. The van der Waals surface area contributed by atoms with Gasteiger partial charge in [0, 0.05) is 15.5 Å². The molecule has 0 radical (unpaired) electrons. The Morgan fingerprint density at radius 1 is 1.13 bits per heavy atom. The summed E-state index contributed by atoms with van der Waals surface area (Å²) in [5.41, 5.74) is 4.36. The molecule has 0 spiro atoms. The first-order valence-corrected chi connectivity index (χ1v) is 11.9. The third kappa shape index (κ3) is 8.80. The maximum atomic E-state index is 12.3. The van der Waals surface area contributed by atoms with Gasteiger partial charge in [0.25, 0.3) is 0 Å². The number of carbonyl (C=O) groups excluding carboxylic acids is 1. The minimum Gasteiger partial charge on any atom is -0.493 e. The normalized spacial score (nSPS) is 11.0. The molecule has 0 aliphatic carbocycles. The average Bonchev–Trinajstić information content (AvgIpc) is 2.73. The summed E-state index contributed by atoms with van der Waals surface area (Å²) in [6.07, 6.45) is 7.85. The summed E-state index contributed by atoms with van der Waals surface area (Å²) in [7, 11) is 0. The number of thioether (sulfide) groups is 1. The Labute approximate surface area is 189 Å². The van der Waals surface area contributed by atoms with Gasteiger partial charge in [-0.2, -0.15) is 5.10 Å². The summed E-state index contributed by atoms with van der Waals surface area (Å²) in [6, 6.07) is 13.4. The number of nitrogens with zero attached hydrogens (tertiary/aromatic N) is 1. The third-order valence-corrected chi connectivity index (χ3v) is 5.72. The summed E-state index contributed by atoms with van der Waals surface area (Å²) in [4.78, 5) is 13.4. The number of hydrogen-bond donors (Lipinski definition) is 1. The van der Waals surface area contributed by atoms with Gasteiger partial charge in [0.2, 0.25) is 5.91 Å². The highest BCUT2D eigenvalue weighted by Crippen LogP contribution is 2.26. The Kier molecular flexibility index (Phi) is 11.4. The molecular weight excluding hydrogens is 416 g/mol. The van der Waals surface area contributed by atoms with Crippen molar-refractivity contribution in [3.8, 4) is 5.75 Å². The van der Waals surface area contributed by atoms with Crippen LogP contribution >= 0.6 is 23.4 Å². The van der Waals surface area contributed by atoms with Crippen LogP contribution in [0.4, 0.5) is 0 Å². The van der Waals surface area contributed by atoms with Crippen LogP contribution in [0.25, 0.3) is 0 Å². The van der Waals surface area contributed by atoms with Gasteiger partial charge in [0.1, 0.15) is 5.75 Å². The van der Waals surface area contributed by atoms with E-state index < -0.39 is 0 Å². The van der Waals surface area contributed by atoms with Crippen molar-refractivity contribution in [2.24, 2.45) is 5.10 Å². The lowest BCUT2D eigenvalue weighted by atomic mass is 10.1. The number of para-hydroxylation sites is 1. The van der Waals surface area contributed by atoms with Gasteiger partial charge in [-0.15, -0.1) is 11.8 Å². The van der Waals surface area contributed by atoms with Crippen LogP contribution in [-0.2, 0) is 11.2 Å². The molecule has 0 saturated heterocycles. The van der Waals surface area contributed by atoms with E-state index >= 15 is 0 Å². The highest BCUT2D eigenvalue weighted by atomic mass is 35.5. The van der Waals surface area contributed by atoms with E-state index in [1.807, 2.05) is 42.5 Å². The van der Waals surface area contributed by atoms with Crippen LogP contribution in [-0.4, -0.2) is 24.5 Å². The van der Waals surface area contributed by atoms with Crippen molar-refractivity contribution in [2.75, 3.05) is 12.4 Å². The van der Waals surface area contributed by atoms with Crippen LogP contribution in [0.1, 0.15) is 57.1 Å². The van der Waals surface area contributed by atoms with Crippen molar-refractivity contribution < 1.29 is 9.53 Å². The van der Waals surface area contributed by atoms with Crippen molar-refractivity contribution in [2.45, 2.75) is 57.3 Å². The summed E-state index contributed by atoms with van der Waals surface area (Å²) < 4.78 is 5.90. The Balaban J connectivity index is 1.88. The van der Waals surface area contributed by atoms with E-state index in [1.54, 1.807) is 18.0 Å². The smallest absolute Gasteiger partial charge is 0.244 e. The number of rotatable bonds is 13. The van der Waals surface area contributed by atoms with E-state index in [0.717, 1.165) is 33.9 Å². The molecule has 0 aromatic heterocycles. The van der Waals surface area contributed by atoms with E-state index in [0.29, 0.717) is 11.6 Å². The molecule has 0 fully saturated rings. The van der Waals surface area contributed by atoms with Gasteiger partial charge in [-0.05, 0) is 48.1 Å². The van der Waals surface area contributed by atoms with Crippen LogP contribution in [0.5, 0.6) is 5.75 Å². The number of unbranched alkanes of at least 4 members (excludes halogenated alkanes) is 4. The van der Waals surface area contributed by atoms with Gasteiger partial charge < -0.3 is 4.74 Å². The summed E-state index contributed by atoms with van der Waals surface area (Å²) >= 11 is 7.79. The molecule has 2 rings (SSSR count). The van der Waals surface area contributed by atoms with Crippen LogP contribution in [0, 0.1) is 0 Å².